The molecule has 0 unspecified atom stereocenters. The summed E-state index contributed by atoms with van der Waals surface area (Å²) in [5.41, 5.74) is 10.4. The molecule has 1 fully saturated rings. The molecular weight excluding hydrogens is 240 g/mol. The molecule has 1 aliphatic rings. The Labute approximate surface area is 114 Å². The Morgan fingerprint density at radius 1 is 1.37 bits per heavy atom. The summed E-state index contributed by atoms with van der Waals surface area (Å²) < 4.78 is 4.85. The van der Waals surface area contributed by atoms with Crippen molar-refractivity contribution in [1.29, 1.82) is 0 Å². The summed E-state index contributed by atoms with van der Waals surface area (Å²) in [5.74, 6) is -0.160. The van der Waals surface area contributed by atoms with Crippen molar-refractivity contribution >= 4 is 17.3 Å². The lowest BCUT2D eigenvalue weighted by Crippen LogP contribution is -2.39. The van der Waals surface area contributed by atoms with E-state index in [0.29, 0.717) is 6.54 Å². The molecule has 0 saturated carbocycles. The monoisotopic (exact) mass is 262 g/mol. The lowest BCUT2D eigenvalue weighted by Gasteiger charge is -2.34. The van der Waals surface area contributed by atoms with Crippen molar-refractivity contribution in [2.24, 2.45) is 5.92 Å². The fourth-order valence-corrected chi connectivity index (χ4v) is 2.65. The van der Waals surface area contributed by atoms with Crippen LogP contribution in [-0.4, -0.2) is 26.2 Å². The summed E-state index contributed by atoms with van der Waals surface area (Å²) in [6.07, 6.45) is 1.89. The van der Waals surface area contributed by atoms with Gasteiger partial charge in [-0.05, 0) is 49.9 Å². The van der Waals surface area contributed by atoms with Crippen LogP contribution in [0.1, 0.15) is 24.0 Å². The largest absolute Gasteiger partial charge is 0.469 e. The maximum absolute atomic E-state index is 11.7. The third-order valence-corrected chi connectivity index (χ3v) is 3.94. The van der Waals surface area contributed by atoms with Gasteiger partial charge in [-0.2, -0.15) is 0 Å². The highest BCUT2D eigenvalue weighted by molar-refractivity contribution is 5.75. The van der Waals surface area contributed by atoms with Gasteiger partial charge < -0.3 is 15.4 Å². The minimum atomic E-state index is -0.118. The molecule has 0 aliphatic carbocycles. The van der Waals surface area contributed by atoms with Crippen molar-refractivity contribution in [3.05, 3.63) is 23.3 Å². The van der Waals surface area contributed by atoms with Gasteiger partial charge in [0.25, 0.3) is 0 Å². The van der Waals surface area contributed by atoms with E-state index in [2.05, 4.69) is 24.8 Å². The summed E-state index contributed by atoms with van der Waals surface area (Å²) in [4.78, 5) is 13.9. The number of ether oxygens (including phenoxy) is 1. The van der Waals surface area contributed by atoms with E-state index < -0.39 is 0 Å². The number of nitrogens with two attached hydrogens (primary N) is 1. The second-order valence-electron chi connectivity index (χ2n) is 5.30. The van der Waals surface area contributed by atoms with Gasteiger partial charge in [0.05, 0.1) is 24.4 Å². The third kappa shape index (κ3) is 2.83. The number of aryl methyl sites for hydroxylation is 2. The molecule has 1 saturated heterocycles. The summed E-state index contributed by atoms with van der Waals surface area (Å²) >= 11 is 0. The van der Waals surface area contributed by atoms with E-state index in [1.807, 2.05) is 6.07 Å². The molecule has 0 bridgehead atoms. The van der Waals surface area contributed by atoms with E-state index in [4.69, 9.17) is 10.5 Å². The highest BCUT2D eigenvalue weighted by Gasteiger charge is 2.27. The molecule has 0 aromatic heterocycles. The average molecular weight is 262 g/mol. The number of hydrogen-bond acceptors (Lipinski definition) is 4. The minimum Gasteiger partial charge on any atom is -0.469 e. The molecule has 4 nitrogen and oxygen atoms in total. The van der Waals surface area contributed by atoms with E-state index in [-0.39, 0.29) is 11.9 Å². The summed E-state index contributed by atoms with van der Waals surface area (Å²) in [6, 6.07) is 4.12. The molecule has 0 radical (unpaired) electrons. The standard InChI is InChI=1S/C15H22N2O2/c1-10-7-13(16)14(8-11(10)2)17-6-4-5-12(9-17)15(18)19-3/h7-8,12H,4-6,9,16H2,1-3H3/t12-/m0/s1. The number of carbonyl (C=O) groups excluding carboxylic acids is 1. The summed E-state index contributed by atoms with van der Waals surface area (Å²) in [7, 11) is 1.45. The Morgan fingerprint density at radius 2 is 2.05 bits per heavy atom. The van der Waals surface area contributed by atoms with Crippen LogP contribution in [0.5, 0.6) is 0 Å². The number of nitrogens with zero attached hydrogens (tertiary/aromatic N) is 1. The first kappa shape index (κ1) is 13.7. The number of esters is 1. The van der Waals surface area contributed by atoms with Crippen molar-refractivity contribution in [1.82, 2.24) is 0 Å². The van der Waals surface area contributed by atoms with Gasteiger partial charge in [-0.1, -0.05) is 0 Å². The van der Waals surface area contributed by atoms with Gasteiger partial charge >= 0.3 is 5.97 Å². The van der Waals surface area contributed by atoms with Gasteiger partial charge in [-0.15, -0.1) is 0 Å². The molecule has 1 aromatic rings. The maximum atomic E-state index is 11.7. The van der Waals surface area contributed by atoms with Gasteiger partial charge in [0.2, 0.25) is 0 Å². The molecule has 1 aliphatic heterocycles. The number of piperidine rings is 1. The first-order chi connectivity index (χ1) is 9.02. The number of nitrogen functional groups attached to an aromatic ring is 1. The predicted molar refractivity (Wildman–Crippen MR) is 77.3 cm³/mol. The first-order valence-electron chi connectivity index (χ1n) is 6.72. The molecule has 2 rings (SSSR count). The van der Waals surface area contributed by atoms with Crippen molar-refractivity contribution in [2.45, 2.75) is 26.7 Å². The number of anilines is 2. The Bertz CT molecular complexity index is 485. The number of carbonyl (C=O) groups is 1. The van der Waals surface area contributed by atoms with Crippen LogP contribution in [-0.2, 0) is 9.53 Å². The molecular formula is C15H22N2O2. The van der Waals surface area contributed by atoms with Gasteiger partial charge in [0, 0.05) is 13.1 Å². The lowest BCUT2D eigenvalue weighted by molar-refractivity contribution is -0.145. The van der Waals surface area contributed by atoms with Crippen molar-refractivity contribution in [3.8, 4) is 0 Å². The second kappa shape index (κ2) is 5.51. The quantitative estimate of drug-likeness (QED) is 0.656. The van der Waals surface area contributed by atoms with E-state index in [0.717, 1.165) is 30.8 Å². The van der Waals surface area contributed by atoms with Gasteiger partial charge in [-0.25, -0.2) is 0 Å². The van der Waals surface area contributed by atoms with E-state index in [1.165, 1.54) is 18.2 Å². The number of rotatable bonds is 2. The SMILES string of the molecule is COC(=O)[C@H]1CCCN(c2cc(C)c(C)cc2N)C1. The molecule has 104 valence electrons. The van der Waals surface area contributed by atoms with Crippen LogP contribution < -0.4 is 10.6 Å². The zero-order valence-electron chi connectivity index (χ0n) is 11.9. The summed E-state index contributed by atoms with van der Waals surface area (Å²) in [6.45, 7) is 5.78. The van der Waals surface area contributed by atoms with E-state index in [1.54, 1.807) is 0 Å². The smallest absolute Gasteiger partial charge is 0.310 e. The highest BCUT2D eigenvalue weighted by atomic mass is 16.5. The highest BCUT2D eigenvalue weighted by Crippen LogP contribution is 2.30. The van der Waals surface area contributed by atoms with Crippen LogP contribution in [0.2, 0.25) is 0 Å². The van der Waals surface area contributed by atoms with Gasteiger partial charge in [0.15, 0.2) is 0 Å². The maximum Gasteiger partial charge on any atom is 0.310 e. The van der Waals surface area contributed by atoms with Crippen molar-refractivity contribution < 1.29 is 9.53 Å². The molecule has 19 heavy (non-hydrogen) atoms. The van der Waals surface area contributed by atoms with Gasteiger partial charge in [-0.3, -0.25) is 4.79 Å². The second-order valence-corrected chi connectivity index (χ2v) is 5.30. The topological polar surface area (TPSA) is 55.6 Å². The van der Waals surface area contributed by atoms with Crippen molar-refractivity contribution in [3.63, 3.8) is 0 Å². The Morgan fingerprint density at radius 3 is 2.74 bits per heavy atom. The third-order valence-electron chi connectivity index (χ3n) is 3.94. The minimum absolute atomic E-state index is 0.0419. The lowest BCUT2D eigenvalue weighted by atomic mass is 9.97. The molecule has 4 heteroatoms. The molecule has 1 heterocycles. The van der Waals surface area contributed by atoms with Crippen LogP contribution in [0.15, 0.2) is 12.1 Å². The van der Waals surface area contributed by atoms with E-state index >= 15 is 0 Å². The van der Waals surface area contributed by atoms with Crippen LogP contribution in [0.3, 0.4) is 0 Å². The van der Waals surface area contributed by atoms with Crippen molar-refractivity contribution in [2.75, 3.05) is 30.8 Å². The molecule has 1 aromatic carbocycles. The molecule has 1 atom stereocenters. The molecule has 0 spiro atoms. The van der Waals surface area contributed by atoms with Crippen LogP contribution >= 0.6 is 0 Å². The number of benzene rings is 1. The van der Waals surface area contributed by atoms with Crippen LogP contribution in [0, 0.1) is 19.8 Å². The van der Waals surface area contributed by atoms with Gasteiger partial charge in [0.1, 0.15) is 0 Å². The number of hydrogen-bond donors (Lipinski definition) is 1. The fourth-order valence-electron chi connectivity index (χ4n) is 2.65. The zero-order chi connectivity index (χ0) is 14.0. The first-order valence-corrected chi connectivity index (χ1v) is 6.72. The van der Waals surface area contributed by atoms with Crippen LogP contribution in [0.25, 0.3) is 0 Å². The Kier molecular flexibility index (Phi) is 3.98. The summed E-state index contributed by atoms with van der Waals surface area (Å²) in [5, 5.41) is 0. The molecule has 2 N–H and O–H groups in total. The van der Waals surface area contributed by atoms with Crippen LogP contribution in [0.4, 0.5) is 11.4 Å². The zero-order valence-corrected chi connectivity index (χ0v) is 11.9. The predicted octanol–water partition coefficient (Wildman–Crippen LogP) is 2.28. The van der Waals surface area contributed by atoms with E-state index in [9.17, 15) is 4.79 Å². The number of methoxy groups -OCH3 is 1. The fraction of sp³-hybridized carbons (Fsp3) is 0.533. The normalized spacial score (nSPS) is 19.3. The Balaban J connectivity index is 2.22. The average Bonchev–Trinajstić information content (AvgIpc) is 2.42. The molecule has 0 amide bonds. The Hall–Kier alpha value is -1.71.